The second-order valence-corrected chi connectivity index (χ2v) is 6.04. The van der Waals surface area contributed by atoms with E-state index in [9.17, 15) is 8.78 Å². The molecule has 7 nitrogen and oxygen atoms in total. The summed E-state index contributed by atoms with van der Waals surface area (Å²) in [5, 5.41) is 4.35. The maximum Gasteiger partial charge on any atom is 0.257 e. The van der Waals surface area contributed by atoms with Crippen LogP contribution in [-0.4, -0.2) is 38.3 Å². The summed E-state index contributed by atoms with van der Waals surface area (Å²) in [7, 11) is 1.49. The summed E-state index contributed by atoms with van der Waals surface area (Å²) in [5.74, 6) is 0.584. The van der Waals surface area contributed by atoms with Crippen LogP contribution < -0.4 is 10.5 Å². The standard InChI is InChI=1S/C19H16F2N6O/c1-28-14-7-13-18(25-19(14)22)17(24-10-23-13)12-8-27(9-15(20)21)26-16(12)11-5-3-2-4-6-11/h2-8,10,15H,9H2,1H3,(H2,22,25). The van der Waals surface area contributed by atoms with Gasteiger partial charge >= 0.3 is 0 Å². The number of benzene rings is 1. The van der Waals surface area contributed by atoms with E-state index in [1.807, 2.05) is 30.3 Å². The zero-order chi connectivity index (χ0) is 19.7. The molecule has 2 N–H and O–H groups in total. The van der Waals surface area contributed by atoms with Crippen LogP contribution in [0.5, 0.6) is 5.75 Å². The summed E-state index contributed by atoms with van der Waals surface area (Å²) in [5.41, 5.74) is 9.24. The molecule has 0 aliphatic carbocycles. The SMILES string of the molecule is COc1cc2ncnc(-c3cn(CC(F)F)nc3-c3ccccc3)c2nc1N. The summed E-state index contributed by atoms with van der Waals surface area (Å²) in [6, 6.07) is 10.9. The Morgan fingerprint density at radius 2 is 1.93 bits per heavy atom. The molecule has 0 atom stereocenters. The number of alkyl halides is 2. The van der Waals surface area contributed by atoms with Crippen LogP contribution in [0, 0.1) is 0 Å². The van der Waals surface area contributed by atoms with Crippen molar-refractivity contribution in [3.8, 4) is 28.3 Å². The van der Waals surface area contributed by atoms with Gasteiger partial charge < -0.3 is 10.5 Å². The molecule has 0 amide bonds. The number of rotatable bonds is 5. The maximum absolute atomic E-state index is 12.9. The average molecular weight is 382 g/mol. The van der Waals surface area contributed by atoms with E-state index in [4.69, 9.17) is 10.5 Å². The number of hydrogen-bond donors (Lipinski definition) is 1. The molecular formula is C19H16F2N6O. The number of aromatic nitrogens is 5. The zero-order valence-electron chi connectivity index (χ0n) is 14.9. The smallest absolute Gasteiger partial charge is 0.257 e. The van der Waals surface area contributed by atoms with Crippen molar-refractivity contribution in [3.05, 3.63) is 48.9 Å². The number of fused-ring (bicyclic) bond motifs is 1. The zero-order valence-corrected chi connectivity index (χ0v) is 14.9. The largest absolute Gasteiger partial charge is 0.493 e. The van der Waals surface area contributed by atoms with E-state index in [2.05, 4.69) is 20.1 Å². The fourth-order valence-corrected chi connectivity index (χ4v) is 2.98. The number of ether oxygens (including phenoxy) is 1. The topological polar surface area (TPSA) is 91.7 Å². The number of nitrogens with two attached hydrogens (primary N) is 1. The van der Waals surface area contributed by atoms with Crippen LogP contribution in [0.2, 0.25) is 0 Å². The van der Waals surface area contributed by atoms with Gasteiger partial charge in [-0.3, -0.25) is 4.68 Å². The van der Waals surface area contributed by atoms with Crippen molar-refractivity contribution < 1.29 is 13.5 Å². The summed E-state index contributed by atoms with van der Waals surface area (Å²) >= 11 is 0. The van der Waals surface area contributed by atoms with Crippen molar-refractivity contribution in [2.75, 3.05) is 12.8 Å². The molecular weight excluding hydrogens is 366 g/mol. The van der Waals surface area contributed by atoms with Crippen molar-refractivity contribution in [3.63, 3.8) is 0 Å². The normalized spacial score (nSPS) is 11.3. The van der Waals surface area contributed by atoms with Gasteiger partial charge in [0.15, 0.2) is 11.6 Å². The molecule has 0 unspecified atom stereocenters. The Balaban J connectivity index is 1.96. The van der Waals surface area contributed by atoms with Gasteiger partial charge in [-0.15, -0.1) is 0 Å². The summed E-state index contributed by atoms with van der Waals surface area (Å²) in [6.07, 6.45) is 0.392. The van der Waals surface area contributed by atoms with E-state index in [1.165, 1.54) is 18.1 Å². The Bertz CT molecular complexity index is 1130. The Morgan fingerprint density at radius 3 is 2.64 bits per heavy atom. The van der Waals surface area contributed by atoms with E-state index in [0.717, 1.165) is 5.56 Å². The van der Waals surface area contributed by atoms with Gasteiger partial charge in [0.25, 0.3) is 6.43 Å². The summed E-state index contributed by atoms with van der Waals surface area (Å²) in [4.78, 5) is 12.9. The monoisotopic (exact) mass is 382 g/mol. The van der Waals surface area contributed by atoms with Crippen LogP contribution in [-0.2, 0) is 6.54 Å². The molecule has 4 aromatic rings. The number of halogens is 2. The molecule has 0 saturated carbocycles. The highest BCUT2D eigenvalue weighted by Crippen LogP contribution is 2.34. The van der Waals surface area contributed by atoms with Crippen molar-refractivity contribution in [1.82, 2.24) is 24.7 Å². The number of methoxy groups -OCH3 is 1. The van der Waals surface area contributed by atoms with E-state index < -0.39 is 13.0 Å². The molecule has 142 valence electrons. The molecule has 3 heterocycles. The molecule has 0 bridgehead atoms. The molecule has 0 radical (unpaired) electrons. The quantitative estimate of drug-likeness (QED) is 0.569. The first-order chi connectivity index (χ1) is 13.6. The molecule has 0 fully saturated rings. The second-order valence-electron chi connectivity index (χ2n) is 6.04. The molecule has 4 rings (SSSR count). The van der Waals surface area contributed by atoms with Crippen LogP contribution in [0.3, 0.4) is 0 Å². The van der Waals surface area contributed by atoms with Gasteiger partial charge in [0, 0.05) is 23.4 Å². The Labute approximate surface area is 158 Å². The Morgan fingerprint density at radius 1 is 1.14 bits per heavy atom. The van der Waals surface area contributed by atoms with Gasteiger partial charge in [0.05, 0.1) is 12.6 Å². The number of pyridine rings is 1. The molecule has 0 saturated heterocycles. The number of anilines is 1. The van der Waals surface area contributed by atoms with Crippen molar-refractivity contribution in [2.45, 2.75) is 13.0 Å². The predicted molar refractivity (Wildman–Crippen MR) is 101 cm³/mol. The van der Waals surface area contributed by atoms with Crippen LogP contribution >= 0.6 is 0 Å². The van der Waals surface area contributed by atoms with Crippen molar-refractivity contribution in [2.24, 2.45) is 0 Å². The van der Waals surface area contributed by atoms with Crippen LogP contribution in [0.4, 0.5) is 14.6 Å². The third-order valence-electron chi connectivity index (χ3n) is 4.21. The average Bonchev–Trinajstić information content (AvgIpc) is 3.10. The lowest BCUT2D eigenvalue weighted by molar-refractivity contribution is 0.122. The molecule has 9 heteroatoms. The lowest BCUT2D eigenvalue weighted by Gasteiger charge is -2.08. The minimum Gasteiger partial charge on any atom is -0.493 e. The number of nitrogen functional groups attached to an aromatic ring is 1. The third-order valence-corrected chi connectivity index (χ3v) is 4.21. The van der Waals surface area contributed by atoms with Gasteiger partial charge in [-0.05, 0) is 0 Å². The lowest BCUT2D eigenvalue weighted by Crippen LogP contribution is -2.06. The fraction of sp³-hybridized carbons (Fsp3) is 0.158. The predicted octanol–water partition coefficient (Wildman–Crippen LogP) is 3.41. The van der Waals surface area contributed by atoms with Gasteiger partial charge in [0.2, 0.25) is 0 Å². The van der Waals surface area contributed by atoms with Gasteiger partial charge in [-0.2, -0.15) is 5.10 Å². The highest BCUT2D eigenvalue weighted by molar-refractivity contribution is 5.94. The van der Waals surface area contributed by atoms with Gasteiger partial charge in [0.1, 0.15) is 29.8 Å². The first-order valence-electron chi connectivity index (χ1n) is 8.43. The van der Waals surface area contributed by atoms with E-state index in [1.54, 1.807) is 12.3 Å². The highest BCUT2D eigenvalue weighted by Gasteiger charge is 2.20. The van der Waals surface area contributed by atoms with E-state index in [-0.39, 0.29) is 5.82 Å². The van der Waals surface area contributed by atoms with Crippen LogP contribution in [0.1, 0.15) is 0 Å². The molecule has 0 spiro atoms. The lowest BCUT2D eigenvalue weighted by atomic mass is 10.0. The molecule has 0 aliphatic rings. The molecule has 3 aromatic heterocycles. The van der Waals surface area contributed by atoms with Crippen molar-refractivity contribution >= 4 is 16.9 Å². The third kappa shape index (κ3) is 3.22. The summed E-state index contributed by atoms with van der Waals surface area (Å²) in [6.45, 7) is -0.522. The molecule has 28 heavy (non-hydrogen) atoms. The number of hydrogen-bond acceptors (Lipinski definition) is 6. The van der Waals surface area contributed by atoms with Gasteiger partial charge in [-0.1, -0.05) is 30.3 Å². The first kappa shape index (κ1) is 17.8. The highest BCUT2D eigenvalue weighted by atomic mass is 19.3. The van der Waals surface area contributed by atoms with Gasteiger partial charge in [-0.25, -0.2) is 23.7 Å². The molecule has 1 aromatic carbocycles. The Hall–Kier alpha value is -3.62. The summed E-state index contributed by atoms with van der Waals surface area (Å²) < 4.78 is 32.3. The van der Waals surface area contributed by atoms with E-state index in [0.29, 0.717) is 33.7 Å². The van der Waals surface area contributed by atoms with E-state index >= 15 is 0 Å². The minimum absolute atomic E-state index is 0.187. The maximum atomic E-state index is 12.9. The number of nitrogens with zero attached hydrogens (tertiary/aromatic N) is 5. The minimum atomic E-state index is -2.53. The van der Waals surface area contributed by atoms with Crippen molar-refractivity contribution in [1.29, 1.82) is 0 Å². The first-order valence-corrected chi connectivity index (χ1v) is 8.43. The molecule has 0 aliphatic heterocycles. The van der Waals surface area contributed by atoms with Crippen LogP contribution in [0.25, 0.3) is 33.5 Å². The Kier molecular flexibility index (Phi) is 4.56. The van der Waals surface area contributed by atoms with Crippen LogP contribution in [0.15, 0.2) is 48.9 Å². The second kappa shape index (κ2) is 7.18. The fourth-order valence-electron chi connectivity index (χ4n) is 2.98.